The number of rotatable bonds is 50. The number of carbonyl (C=O) groups excluding carboxylic acids is 9. The van der Waals surface area contributed by atoms with Crippen molar-refractivity contribution >= 4 is 52.5 Å². The molecule has 0 unspecified atom stereocenters. The number of H-pyrrole nitrogens is 2. The highest BCUT2D eigenvalue weighted by molar-refractivity contribution is 5.97. The molecule has 80 heavy (non-hydrogen) atoms. The monoisotopic (exact) mass is 1120 g/mol. The number of nitrogens with zero attached hydrogens (tertiary/aromatic N) is 2. The van der Waals surface area contributed by atoms with E-state index in [-0.39, 0.29) is 62.4 Å². The van der Waals surface area contributed by atoms with Gasteiger partial charge >= 0.3 is 0 Å². The molecule has 2 rings (SSSR count). The Morgan fingerprint density at radius 2 is 0.975 bits per heavy atom. The SMILES string of the molecule is CCCCCCCCCCCCCCCC(=O)C[C@@H](CCCCN)C(=O)N[C@@H](CC(C)C)C(=O)C[C@@H](CO)C(=O)N[C@@H](Cc1cnc[nH]1)C(=O)C[C@@H](CO)C(=O)N[C@@H](CCCCN)C(=O)CCC(=O)N[C@@H](Cc1cnc[nH]1)C(C)=O. The Bertz CT molecular complexity index is 2100. The molecule has 0 aromatic carbocycles. The zero-order chi connectivity index (χ0) is 59.1. The predicted octanol–water partition coefficient (Wildman–Crippen LogP) is 5.29. The summed E-state index contributed by atoms with van der Waals surface area (Å²) in [5, 5.41) is 31.8. The third-order valence-corrected chi connectivity index (χ3v) is 14.6. The van der Waals surface area contributed by atoms with Crippen molar-refractivity contribution in [3.05, 3.63) is 36.4 Å². The van der Waals surface area contributed by atoms with E-state index in [4.69, 9.17) is 11.5 Å². The lowest BCUT2D eigenvalue weighted by molar-refractivity contribution is -0.137. The first-order valence-electron chi connectivity index (χ1n) is 29.8. The Kier molecular flexibility index (Phi) is 37.4. The minimum absolute atomic E-state index is 0.00882. The lowest BCUT2D eigenvalue weighted by Gasteiger charge is -2.26. The molecule has 0 bridgehead atoms. The van der Waals surface area contributed by atoms with Crippen LogP contribution in [0.1, 0.15) is 206 Å². The third-order valence-electron chi connectivity index (χ3n) is 14.6. The number of aliphatic hydroxyl groups excluding tert-OH is 2. The molecule has 0 aliphatic rings. The van der Waals surface area contributed by atoms with Gasteiger partial charge in [-0.15, -0.1) is 0 Å². The summed E-state index contributed by atoms with van der Waals surface area (Å²) in [7, 11) is 0. The Morgan fingerprint density at radius 1 is 0.512 bits per heavy atom. The third kappa shape index (κ3) is 30.3. The largest absolute Gasteiger partial charge is 0.396 e. The second kappa shape index (κ2) is 42.4. The molecule has 2 aromatic heterocycles. The molecule has 0 spiro atoms. The van der Waals surface area contributed by atoms with Crippen LogP contribution in [0.5, 0.6) is 0 Å². The quantitative estimate of drug-likeness (QED) is 0.0376. The van der Waals surface area contributed by atoms with Crippen molar-refractivity contribution in [1.29, 1.82) is 0 Å². The molecule has 0 saturated heterocycles. The van der Waals surface area contributed by atoms with Crippen molar-refractivity contribution in [1.82, 2.24) is 41.2 Å². The van der Waals surface area contributed by atoms with Crippen molar-refractivity contribution in [3.8, 4) is 0 Å². The maximum absolute atomic E-state index is 14.1. The average Bonchev–Trinajstić information content (AvgIpc) is 4.16. The maximum Gasteiger partial charge on any atom is 0.226 e. The predicted molar refractivity (Wildman–Crippen MR) is 306 cm³/mol. The summed E-state index contributed by atoms with van der Waals surface area (Å²) in [6.07, 6.45) is 23.1. The molecule has 4 amide bonds. The fourth-order valence-corrected chi connectivity index (χ4v) is 9.70. The van der Waals surface area contributed by atoms with Gasteiger partial charge in [0, 0.05) is 81.1 Å². The molecule has 0 aliphatic heterocycles. The van der Waals surface area contributed by atoms with Crippen LogP contribution in [0, 0.1) is 23.7 Å². The summed E-state index contributed by atoms with van der Waals surface area (Å²) in [5.74, 6) is -8.12. The van der Waals surface area contributed by atoms with E-state index in [1.165, 1.54) is 89.8 Å². The number of Topliss-reactive ketones (excluding diaryl/α,β-unsaturated/α-hetero) is 5. The van der Waals surface area contributed by atoms with Crippen LogP contribution in [0.15, 0.2) is 25.0 Å². The summed E-state index contributed by atoms with van der Waals surface area (Å²) < 4.78 is 0. The lowest BCUT2D eigenvalue weighted by Crippen LogP contribution is -2.50. The standard InChI is InChI=1S/C59H100N10O11/c1-5-6-7-8-9-10-11-12-13-14-15-16-17-23-48(73)30-43(22-18-20-27-60)57(78)68-51(29-41(2)3)54(75)31-45(38-71)59(80)69-52(34-47-36-63-40-65-47)55(76)32-44(37-70)58(79)67-49(24-19-21-28-61)53(74)25-26-56(77)66-50(42(4)72)33-46-35-62-39-64-46/h35-36,39-41,43-45,49-52,70-71H,5-34,37-38,60-61H2,1-4H3,(H,62,64)(H,63,65)(H,66,77)(H,67,79)(H,68,78)(H,69,80)/t43-,44+,45+,49+,50+,51+,52+/m1/s1. The number of hydrogen-bond donors (Lipinski definition) is 10. The Labute approximate surface area is 475 Å². The van der Waals surface area contributed by atoms with Gasteiger partial charge in [-0.3, -0.25) is 43.2 Å². The number of nitrogens with two attached hydrogens (primary N) is 2. The number of nitrogens with one attached hydrogen (secondary N) is 6. The van der Waals surface area contributed by atoms with Crippen molar-refractivity contribution in [3.63, 3.8) is 0 Å². The Hall–Kier alpha value is -5.51. The van der Waals surface area contributed by atoms with Gasteiger partial charge in [0.1, 0.15) is 5.78 Å². The zero-order valence-electron chi connectivity index (χ0n) is 48.7. The van der Waals surface area contributed by atoms with Gasteiger partial charge in [-0.05, 0) is 70.9 Å². The molecular formula is C59H100N10O11. The van der Waals surface area contributed by atoms with Crippen LogP contribution < -0.4 is 32.7 Å². The average molecular weight is 1130 g/mol. The number of aromatic amines is 2. The Morgan fingerprint density at radius 3 is 1.45 bits per heavy atom. The van der Waals surface area contributed by atoms with Crippen LogP contribution in [-0.4, -0.2) is 133 Å². The van der Waals surface area contributed by atoms with E-state index in [1.807, 2.05) is 13.8 Å². The first-order chi connectivity index (χ1) is 38.5. The second-order valence-corrected chi connectivity index (χ2v) is 22.2. The molecular weight excluding hydrogens is 1020 g/mol. The number of amides is 4. The number of imidazole rings is 2. The van der Waals surface area contributed by atoms with Crippen LogP contribution in [-0.2, 0) is 56.0 Å². The number of hydrogen-bond acceptors (Lipinski definition) is 15. The van der Waals surface area contributed by atoms with Gasteiger partial charge in [-0.2, -0.15) is 0 Å². The molecule has 21 heteroatoms. The fraction of sp³-hybridized carbons (Fsp3) is 0.746. The summed E-state index contributed by atoms with van der Waals surface area (Å²) in [5.41, 5.74) is 12.5. The number of ketones is 5. The van der Waals surface area contributed by atoms with Gasteiger partial charge in [0.05, 0.1) is 61.9 Å². The highest BCUT2D eigenvalue weighted by Gasteiger charge is 2.34. The molecule has 0 saturated carbocycles. The lowest BCUT2D eigenvalue weighted by atomic mass is 9.90. The highest BCUT2D eigenvalue weighted by atomic mass is 16.3. The number of unbranched alkanes of at least 4 members (excludes halogenated alkanes) is 14. The number of carbonyl (C=O) groups is 9. The number of aromatic nitrogens is 4. The maximum atomic E-state index is 14.1. The van der Waals surface area contributed by atoms with Gasteiger partial charge in [0.25, 0.3) is 0 Å². The molecule has 2 heterocycles. The summed E-state index contributed by atoms with van der Waals surface area (Å²) >= 11 is 0. The van der Waals surface area contributed by atoms with Crippen LogP contribution >= 0.6 is 0 Å². The molecule has 452 valence electrons. The van der Waals surface area contributed by atoms with Gasteiger partial charge in [0.15, 0.2) is 23.1 Å². The van der Waals surface area contributed by atoms with Crippen molar-refractivity contribution < 1.29 is 53.4 Å². The van der Waals surface area contributed by atoms with E-state index in [0.29, 0.717) is 63.0 Å². The molecule has 2 aromatic rings. The summed E-state index contributed by atoms with van der Waals surface area (Å²) in [6.45, 7) is 6.47. The first kappa shape index (κ1) is 70.6. The van der Waals surface area contributed by atoms with E-state index in [9.17, 15) is 53.4 Å². The molecule has 0 aliphatic carbocycles. The van der Waals surface area contributed by atoms with E-state index in [2.05, 4.69) is 48.1 Å². The van der Waals surface area contributed by atoms with Crippen molar-refractivity contribution in [2.75, 3.05) is 26.3 Å². The molecule has 21 nitrogen and oxygen atoms in total. The van der Waals surface area contributed by atoms with Crippen LogP contribution in [0.4, 0.5) is 0 Å². The zero-order valence-corrected chi connectivity index (χ0v) is 48.7. The van der Waals surface area contributed by atoms with Crippen molar-refractivity contribution in [2.45, 2.75) is 232 Å². The minimum Gasteiger partial charge on any atom is -0.396 e. The summed E-state index contributed by atoms with van der Waals surface area (Å²) in [4.78, 5) is 136. The topological polar surface area (TPSA) is 352 Å². The van der Waals surface area contributed by atoms with E-state index in [1.54, 1.807) is 0 Å². The van der Waals surface area contributed by atoms with Crippen molar-refractivity contribution in [2.24, 2.45) is 35.1 Å². The molecule has 12 N–H and O–H groups in total. The molecule has 0 fully saturated rings. The van der Waals surface area contributed by atoms with E-state index < -0.39 is 109 Å². The van der Waals surface area contributed by atoms with Crippen LogP contribution in [0.25, 0.3) is 0 Å². The second-order valence-electron chi connectivity index (χ2n) is 22.2. The van der Waals surface area contributed by atoms with Crippen LogP contribution in [0.3, 0.4) is 0 Å². The minimum atomic E-state index is -1.38. The van der Waals surface area contributed by atoms with Gasteiger partial charge in [-0.1, -0.05) is 104 Å². The van der Waals surface area contributed by atoms with Gasteiger partial charge in [0.2, 0.25) is 23.6 Å². The summed E-state index contributed by atoms with van der Waals surface area (Å²) in [6, 6.07) is -4.33. The smallest absolute Gasteiger partial charge is 0.226 e. The highest BCUT2D eigenvalue weighted by Crippen LogP contribution is 2.21. The Balaban J connectivity index is 2.11. The van der Waals surface area contributed by atoms with E-state index >= 15 is 0 Å². The number of aliphatic hydroxyl groups is 2. The van der Waals surface area contributed by atoms with Gasteiger partial charge < -0.3 is 52.9 Å². The normalized spacial score (nSPS) is 14.1. The molecule has 7 atom stereocenters. The fourth-order valence-electron chi connectivity index (χ4n) is 9.70. The molecule has 0 radical (unpaired) electrons. The van der Waals surface area contributed by atoms with Crippen LogP contribution in [0.2, 0.25) is 0 Å². The van der Waals surface area contributed by atoms with E-state index in [0.717, 1.165) is 25.7 Å². The van der Waals surface area contributed by atoms with Gasteiger partial charge in [-0.25, -0.2) is 9.97 Å². The first-order valence-corrected chi connectivity index (χ1v) is 29.8.